The molecule has 1 aromatic rings. The molecule has 0 aromatic carbocycles. The highest BCUT2D eigenvalue weighted by molar-refractivity contribution is 5.80. The number of hydrazine groups is 1. The predicted molar refractivity (Wildman–Crippen MR) is 112 cm³/mol. The van der Waals surface area contributed by atoms with Crippen LogP contribution in [0, 0.1) is 31.5 Å². The highest BCUT2D eigenvalue weighted by Crippen LogP contribution is 2.30. The second kappa shape index (κ2) is 9.43. The molecule has 3 aliphatic rings. The summed E-state index contributed by atoms with van der Waals surface area (Å²) >= 11 is 0. The number of piperazine rings is 1. The number of carbonyl (C=O) groups excluding carboxylic acids is 1. The Labute approximate surface area is 177 Å². The molecule has 165 valence electrons. The van der Waals surface area contributed by atoms with Crippen LogP contribution in [0.5, 0.6) is 0 Å². The molecule has 1 radical (unpaired) electrons. The Morgan fingerprint density at radius 2 is 2.10 bits per heavy atom. The SMILES string of the molecule is [CH2][C@H](CC1CCCC1)C(=O)NNc1nc(C)nc(N2CCN3CCOC[C@@H]3C2)c1F. The van der Waals surface area contributed by atoms with Crippen molar-refractivity contribution in [2.45, 2.75) is 45.1 Å². The third-order valence-electron chi connectivity index (χ3n) is 6.45. The summed E-state index contributed by atoms with van der Waals surface area (Å²) in [4.78, 5) is 25.2. The Morgan fingerprint density at radius 3 is 2.90 bits per heavy atom. The molecule has 0 spiro atoms. The number of carbonyl (C=O) groups is 1. The molecule has 2 atom stereocenters. The smallest absolute Gasteiger partial charge is 0.241 e. The maximum Gasteiger partial charge on any atom is 0.241 e. The quantitative estimate of drug-likeness (QED) is 0.682. The minimum Gasteiger partial charge on any atom is -0.378 e. The third kappa shape index (κ3) is 4.83. The maximum atomic E-state index is 15.2. The Bertz CT molecular complexity index is 757. The first-order chi connectivity index (χ1) is 14.5. The second-order valence-electron chi connectivity index (χ2n) is 8.67. The van der Waals surface area contributed by atoms with Gasteiger partial charge in [0.2, 0.25) is 11.7 Å². The fraction of sp³-hybridized carbons (Fsp3) is 0.714. The summed E-state index contributed by atoms with van der Waals surface area (Å²) in [6, 6.07) is 0.237. The van der Waals surface area contributed by atoms with Crippen molar-refractivity contribution in [1.29, 1.82) is 0 Å². The lowest BCUT2D eigenvalue weighted by Gasteiger charge is -2.44. The van der Waals surface area contributed by atoms with Gasteiger partial charge in [0.05, 0.1) is 19.3 Å². The van der Waals surface area contributed by atoms with E-state index in [9.17, 15) is 4.79 Å². The number of amides is 1. The van der Waals surface area contributed by atoms with Gasteiger partial charge in [-0.05, 0) is 26.2 Å². The lowest BCUT2D eigenvalue weighted by atomic mass is 9.94. The summed E-state index contributed by atoms with van der Waals surface area (Å²) in [5.74, 6) is 0.0933. The lowest BCUT2D eigenvalue weighted by molar-refractivity contribution is -0.123. The fourth-order valence-electron chi connectivity index (χ4n) is 4.75. The van der Waals surface area contributed by atoms with E-state index < -0.39 is 5.82 Å². The first-order valence-corrected chi connectivity index (χ1v) is 11.0. The summed E-state index contributed by atoms with van der Waals surface area (Å²) in [5.41, 5.74) is 5.26. The van der Waals surface area contributed by atoms with Gasteiger partial charge < -0.3 is 9.64 Å². The molecule has 0 unspecified atom stereocenters. The Kier molecular flexibility index (Phi) is 6.67. The number of hydrogen-bond acceptors (Lipinski definition) is 7. The number of hydrogen-bond donors (Lipinski definition) is 2. The zero-order valence-corrected chi connectivity index (χ0v) is 17.7. The fourth-order valence-corrected chi connectivity index (χ4v) is 4.75. The number of halogens is 1. The zero-order chi connectivity index (χ0) is 21.1. The average molecular weight is 420 g/mol. The molecule has 3 fully saturated rings. The molecule has 1 saturated carbocycles. The molecule has 2 N–H and O–H groups in total. The minimum atomic E-state index is -0.553. The molecule has 1 aromatic heterocycles. The summed E-state index contributed by atoms with van der Waals surface area (Å²) in [6.07, 6.45) is 5.54. The number of anilines is 2. The Morgan fingerprint density at radius 1 is 1.30 bits per heavy atom. The molecule has 0 bridgehead atoms. The van der Waals surface area contributed by atoms with E-state index in [2.05, 4.69) is 32.6 Å². The molecule has 1 amide bonds. The van der Waals surface area contributed by atoms with Gasteiger partial charge in [0.25, 0.3) is 0 Å². The first kappa shape index (κ1) is 21.2. The molecule has 9 heteroatoms. The second-order valence-corrected chi connectivity index (χ2v) is 8.67. The number of aromatic nitrogens is 2. The highest BCUT2D eigenvalue weighted by Gasteiger charge is 2.32. The van der Waals surface area contributed by atoms with Gasteiger partial charge >= 0.3 is 0 Å². The Balaban J connectivity index is 1.39. The summed E-state index contributed by atoms with van der Waals surface area (Å²) in [5, 5.41) is 0. The molecule has 30 heavy (non-hydrogen) atoms. The first-order valence-electron chi connectivity index (χ1n) is 11.0. The van der Waals surface area contributed by atoms with E-state index in [0.29, 0.717) is 31.4 Å². The van der Waals surface area contributed by atoms with Crippen LogP contribution in [0.25, 0.3) is 0 Å². The van der Waals surface area contributed by atoms with Crippen molar-refractivity contribution in [3.05, 3.63) is 18.6 Å². The van der Waals surface area contributed by atoms with Crippen molar-refractivity contribution in [3.8, 4) is 0 Å². The van der Waals surface area contributed by atoms with Crippen LogP contribution in [0.4, 0.5) is 16.0 Å². The van der Waals surface area contributed by atoms with Crippen molar-refractivity contribution in [3.63, 3.8) is 0 Å². The van der Waals surface area contributed by atoms with E-state index in [-0.39, 0.29) is 29.5 Å². The Hall–Kier alpha value is -2.00. The van der Waals surface area contributed by atoms with Gasteiger partial charge in [0.15, 0.2) is 11.6 Å². The van der Waals surface area contributed by atoms with Crippen LogP contribution in [0.3, 0.4) is 0 Å². The largest absolute Gasteiger partial charge is 0.378 e. The predicted octanol–water partition coefficient (Wildman–Crippen LogP) is 1.92. The van der Waals surface area contributed by atoms with E-state index in [4.69, 9.17) is 4.74 Å². The van der Waals surface area contributed by atoms with E-state index in [1.54, 1.807) is 6.92 Å². The number of morpholine rings is 1. The van der Waals surface area contributed by atoms with Crippen molar-refractivity contribution in [2.75, 3.05) is 49.7 Å². The third-order valence-corrected chi connectivity index (χ3v) is 6.45. The van der Waals surface area contributed by atoms with Crippen LogP contribution in [0.15, 0.2) is 0 Å². The van der Waals surface area contributed by atoms with Crippen LogP contribution >= 0.6 is 0 Å². The molecule has 2 aliphatic heterocycles. The number of nitrogens with zero attached hydrogens (tertiary/aromatic N) is 4. The van der Waals surface area contributed by atoms with E-state index in [1.165, 1.54) is 12.8 Å². The number of aryl methyl sites for hydroxylation is 1. The van der Waals surface area contributed by atoms with Crippen LogP contribution in [0.1, 0.15) is 37.9 Å². The number of ether oxygens (including phenoxy) is 1. The van der Waals surface area contributed by atoms with Gasteiger partial charge in [0.1, 0.15) is 5.82 Å². The van der Waals surface area contributed by atoms with Gasteiger partial charge in [0, 0.05) is 32.1 Å². The van der Waals surface area contributed by atoms with Crippen molar-refractivity contribution in [2.24, 2.45) is 11.8 Å². The molecular weight excluding hydrogens is 387 g/mol. The molecule has 1 aliphatic carbocycles. The molecule has 3 heterocycles. The highest BCUT2D eigenvalue weighted by atomic mass is 19.1. The van der Waals surface area contributed by atoms with Gasteiger partial charge in [-0.1, -0.05) is 25.7 Å². The van der Waals surface area contributed by atoms with Crippen LogP contribution < -0.4 is 15.8 Å². The summed E-state index contributed by atoms with van der Waals surface area (Å²) < 4.78 is 20.8. The van der Waals surface area contributed by atoms with Crippen molar-refractivity contribution in [1.82, 2.24) is 20.3 Å². The lowest BCUT2D eigenvalue weighted by Crippen LogP contribution is -2.58. The minimum absolute atomic E-state index is 0.0127. The van der Waals surface area contributed by atoms with Gasteiger partial charge in [-0.3, -0.25) is 20.5 Å². The molecule has 4 rings (SSSR count). The summed E-state index contributed by atoms with van der Waals surface area (Å²) in [7, 11) is 0. The van der Waals surface area contributed by atoms with Crippen molar-refractivity contribution < 1.29 is 13.9 Å². The van der Waals surface area contributed by atoms with Gasteiger partial charge in [-0.2, -0.15) is 4.39 Å². The average Bonchev–Trinajstić information content (AvgIpc) is 3.26. The molecular formula is C21H32FN6O2. The van der Waals surface area contributed by atoms with Crippen LogP contribution in [-0.4, -0.2) is 66.2 Å². The summed E-state index contributed by atoms with van der Waals surface area (Å²) in [6.45, 7) is 10.2. The molecule has 2 saturated heterocycles. The number of rotatable bonds is 6. The van der Waals surface area contributed by atoms with Crippen molar-refractivity contribution >= 4 is 17.5 Å². The van der Waals surface area contributed by atoms with Crippen LogP contribution in [-0.2, 0) is 9.53 Å². The van der Waals surface area contributed by atoms with Gasteiger partial charge in [-0.15, -0.1) is 0 Å². The monoisotopic (exact) mass is 419 g/mol. The van der Waals surface area contributed by atoms with Crippen LogP contribution in [0.2, 0.25) is 0 Å². The van der Waals surface area contributed by atoms with Gasteiger partial charge in [-0.25, -0.2) is 9.97 Å². The normalized spacial score (nSPS) is 23.8. The standard InChI is InChI=1S/C21H32FN6O2/c1-14(11-16-5-3-4-6-16)21(29)26-25-19-18(22)20(24-15(2)23-19)28-8-7-27-9-10-30-13-17(27)12-28/h14,16-17H,1,3-13H2,2H3,(H,26,29)(H,23,24,25)/t14-,17+/m1/s1. The molecule has 8 nitrogen and oxygen atoms in total. The maximum absolute atomic E-state index is 15.2. The number of nitrogens with one attached hydrogen (secondary N) is 2. The topological polar surface area (TPSA) is 82.6 Å². The zero-order valence-electron chi connectivity index (χ0n) is 17.7. The van der Waals surface area contributed by atoms with E-state index in [1.807, 2.05) is 4.90 Å². The van der Waals surface area contributed by atoms with E-state index >= 15 is 4.39 Å². The number of fused-ring (bicyclic) bond motifs is 1. The van der Waals surface area contributed by atoms with E-state index in [0.717, 1.165) is 39.0 Å².